The second-order valence-electron chi connectivity index (χ2n) is 3.63. The minimum atomic E-state index is 0.931. The van der Waals surface area contributed by atoms with Gasteiger partial charge < -0.3 is 4.74 Å². The van der Waals surface area contributed by atoms with Crippen molar-refractivity contribution in [3.63, 3.8) is 0 Å². The number of hydrogen-bond donors (Lipinski definition) is 0. The highest BCUT2D eigenvalue weighted by Gasteiger charge is 2.35. The third-order valence-corrected chi connectivity index (χ3v) is 2.74. The Bertz CT molecular complexity index is 99.1. The first-order valence-electron chi connectivity index (χ1n) is 3.94. The minimum absolute atomic E-state index is 0.931. The lowest BCUT2D eigenvalue weighted by Crippen LogP contribution is -2.01. The van der Waals surface area contributed by atoms with E-state index in [0.29, 0.717) is 0 Å². The molecule has 1 heterocycles. The Labute approximate surface area is 56.4 Å². The summed E-state index contributed by atoms with van der Waals surface area (Å²) in [7, 11) is 0. The molecule has 9 heavy (non-hydrogen) atoms. The van der Waals surface area contributed by atoms with Crippen LogP contribution in [-0.4, -0.2) is 13.2 Å². The topological polar surface area (TPSA) is 9.23 Å². The molecule has 1 unspecified atom stereocenters. The predicted octanol–water partition coefficient (Wildman–Crippen LogP) is 1.68. The normalized spacial score (nSPS) is 49.7. The fraction of sp³-hybridized carbons (Fsp3) is 1.00. The number of fused-ring (bicyclic) bond motifs is 1. The first-order chi connectivity index (χ1) is 4.36. The van der Waals surface area contributed by atoms with Crippen molar-refractivity contribution in [3.8, 4) is 0 Å². The lowest BCUT2D eigenvalue weighted by molar-refractivity contribution is 0.168. The van der Waals surface area contributed by atoms with Crippen molar-refractivity contribution in [1.29, 1.82) is 0 Å². The van der Waals surface area contributed by atoms with Crippen LogP contribution in [-0.2, 0) is 4.74 Å². The second kappa shape index (κ2) is 1.98. The number of rotatable bonds is 0. The largest absolute Gasteiger partial charge is 0.381 e. The highest BCUT2D eigenvalue weighted by atomic mass is 16.5. The van der Waals surface area contributed by atoms with Crippen LogP contribution in [0.15, 0.2) is 0 Å². The van der Waals surface area contributed by atoms with Gasteiger partial charge in [0.1, 0.15) is 0 Å². The van der Waals surface area contributed by atoms with Crippen molar-refractivity contribution in [1.82, 2.24) is 0 Å². The van der Waals surface area contributed by atoms with Gasteiger partial charge in [0, 0.05) is 13.2 Å². The van der Waals surface area contributed by atoms with E-state index in [0.717, 1.165) is 31.0 Å². The average molecular weight is 126 g/mol. The van der Waals surface area contributed by atoms with Crippen LogP contribution in [0.4, 0.5) is 0 Å². The van der Waals surface area contributed by atoms with E-state index in [1.54, 1.807) is 0 Å². The van der Waals surface area contributed by atoms with Crippen molar-refractivity contribution in [2.24, 2.45) is 17.8 Å². The third kappa shape index (κ3) is 0.877. The Morgan fingerprint density at radius 1 is 1.11 bits per heavy atom. The van der Waals surface area contributed by atoms with Crippen molar-refractivity contribution < 1.29 is 4.74 Å². The van der Waals surface area contributed by atoms with Crippen LogP contribution in [0, 0.1) is 17.8 Å². The molecule has 1 nitrogen and oxygen atoms in total. The summed E-state index contributed by atoms with van der Waals surface area (Å²) < 4.78 is 5.36. The summed E-state index contributed by atoms with van der Waals surface area (Å²) in [6.45, 7) is 4.46. The monoisotopic (exact) mass is 126 g/mol. The van der Waals surface area contributed by atoms with E-state index in [1.165, 1.54) is 12.8 Å². The lowest BCUT2D eigenvalue weighted by Gasteiger charge is -2.01. The van der Waals surface area contributed by atoms with Gasteiger partial charge in [0.25, 0.3) is 0 Å². The molecule has 2 aliphatic rings. The van der Waals surface area contributed by atoms with Gasteiger partial charge >= 0.3 is 0 Å². The molecule has 0 amide bonds. The van der Waals surface area contributed by atoms with Crippen LogP contribution in [0.25, 0.3) is 0 Å². The Hall–Kier alpha value is -0.0400. The van der Waals surface area contributed by atoms with Crippen LogP contribution >= 0.6 is 0 Å². The average Bonchev–Trinajstić information content (AvgIpc) is 2.22. The molecule has 0 aromatic rings. The molecule has 0 bridgehead atoms. The van der Waals surface area contributed by atoms with E-state index < -0.39 is 0 Å². The lowest BCUT2D eigenvalue weighted by atomic mass is 10.0. The Balaban J connectivity index is 2.02. The molecule has 0 N–H and O–H groups in total. The molecule has 2 fully saturated rings. The van der Waals surface area contributed by atoms with Crippen LogP contribution in [0.2, 0.25) is 0 Å². The van der Waals surface area contributed by atoms with Gasteiger partial charge in [-0.05, 0) is 30.6 Å². The fourth-order valence-corrected chi connectivity index (χ4v) is 2.29. The minimum Gasteiger partial charge on any atom is -0.381 e. The van der Waals surface area contributed by atoms with E-state index in [1.807, 2.05) is 0 Å². The van der Waals surface area contributed by atoms with Crippen LogP contribution in [0.3, 0.4) is 0 Å². The zero-order chi connectivity index (χ0) is 6.27. The molecular weight excluding hydrogens is 112 g/mol. The third-order valence-electron chi connectivity index (χ3n) is 2.74. The summed E-state index contributed by atoms with van der Waals surface area (Å²) in [5.74, 6) is 2.84. The maximum atomic E-state index is 5.36. The molecular formula is C8H14O. The zero-order valence-corrected chi connectivity index (χ0v) is 5.97. The van der Waals surface area contributed by atoms with Crippen LogP contribution in [0.1, 0.15) is 19.8 Å². The molecule has 1 saturated heterocycles. The Morgan fingerprint density at radius 3 is 2.22 bits per heavy atom. The van der Waals surface area contributed by atoms with E-state index in [-0.39, 0.29) is 0 Å². The van der Waals surface area contributed by atoms with Gasteiger partial charge in [-0.3, -0.25) is 0 Å². The van der Waals surface area contributed by atoms with Crippen LogP contribution < -0.4 is 0 Å². The quantitative estimate of drug-likeness (QED) is 0.480. The molecule has 0 aromatic carbocycles. The summed E-state index contributed by atoms with van der Waals surface area (Å²) in [6, 6.07) is 0. The van der Waals surface area contributed by atoms with Gasteiger partial charge in [0.2, 0.25) is 0 Å². The van der Waals surface area contributed by atoms with E-state index in [9.17, 15) is 0 Å². The summed E-state index contributed by atoms with van der Waals surface area (Å²) in [5, 5.41) is 0. The molecule has 3 atom stereocenters. The number of ether oxygens (including phenoxy) is 1. The van der Waals surface area contributed by atoms with Gasteiger partial charge in [-0.25, -0.2) is 0 Å². The maximum Gasteiger partial charge on any atom is 0.0498 e. The summed E-state index contributed by atoms with van der Waals surface area (Å²) in [4.78, 5) is 0. The summed E-state index contributed by atoms with van der Waals surface area (Å²) >= 11 is 0. The van der Waals surface area contributed by atoms with Gasteiger partial charge in [-0.1, -0.05) is 6.92 Å². The Morgan fingerprint density at radius 2 is 1.67 bits per heavy atom. The first-order valence-corrected chi connectivity index (χ1v) is 3.94. The molecule has 0 aromatic heterocycles. The van der Waals surface area contributed by atoms with E-state index in [4.69, 9.17) is 4.74 Å². The van der Waals surface area contributed by atoms with Gasteiger partial charge in [-0.15, -0.1) is 0 Å². The van der Waals surface area contributed by atoms with Crippen LogP contribution in [0.5, 0.6) is 0 Å². The molecule has 0 spiro atoms. The second-order valence-corrected chi connectivity index (χ2v) is 3.63. The van der Waals surface area contributed by atoms with Crippen molar-refractivity contribution >= 4 is 0 Å². The maximum absolute atomic E-state index is 5.36. The molecule has 2 rings (SSSR count). The van der Waals surface area contributed by atoms with E-state index >= 15 is 0 Å². The molecule has 0 radical (unpaired) electrons. The van der Waals surface area contributed by atoms with Crippen molar-refractivity contribution in [2.75, 3.05) is 13.2 Å². The summed E-state index contributed by atoms with van der Waals surface area (Å²) in [6.07, 6.45) is 2.84. The molecule has 1 heteroatoms. The highest BCUT2D eigenvalue weighted by molar-refractivity contribution is 4.84. The highest BCUT2D eigenvalue weighted by Crippen LogP contribution is 2.39. The van der Waals surface area contributed by atoms with Crippen molar-refractivity contribution in [3.05, 3.63) is 0 Å². The van der Waals surface area contributed by atoms with Gasteiger partial charge in [-0.2, -0.15) is 0 Å². The fourth-order valence-electron chi connectivity index (χ4n) is 2.29. The molecule has 1 saturated carbocycles. The zero-order valence-electron chi connectivity index (χ0n) is 5.97. The van der Waals surface area contributed by atoms with E-state index in [2.05, 4.69) is 6.92 Å². The molecule has 1 aliphatic carbocycles. The van der Waals surface area contributed by atoms with Gasteiger partial charge in [0.05, 0.1) is 0 Å². The summed E-state index contributed by atoms with van der Waals surface area (Å²) in [5.41, 5.74) is 0. The first kappa shape index (κ1) is 5.72. The van der Waals surface area contributed by atoms with Crippen molar-refractivity contribution in [2.45, 2.75) is 19.8 Å². The Kier molecular flexibility index (Phi) is 1.26. The molecule has 52 valence electrons. The van der Waals surface area contributed by atoms with Gasteiger partial charge in [0.15, 0.2) is 0 Å². The predicted molar refractivity (Wildman–Crippen MR) is 36.2 cm³/mol. The molecule has 1 aliphatic heterocycles. The number of hydrogen-bond acceptors (Lipinski definition) is 1. The standard InChI is InChI=1S/C8H14O/c1-6-2-7-4-9-5-8(7)3-6/h6-8H,2-5H2,1H3/t6?,7-,8+. The SMILES string of the molecule is CC1C[C@H]2COC[C@H]2C1. The smallest absolute Gasteiger partial charge is 0.0498 e.